The van der Waals surface area contributed by atoms with Crippen molar-refractivity contribution >= 4 is 28.4 Å². The number of pyridine rings is 1. The van der Waals surface area contributed by atoms with Crippen LogP contribution in [0.25, 0.3) is 10.9 Å². The Labute approximate surface area is 194 Å². The quantitative estimate of drug-likeness (QED) is 0.395. The number of nitrogens with two attached hydrogens (primary N) is 1. The van der Waals surface area contributed by atoms with Gasteiger partial charge in [-0.15, -0.1) is 0 Å². The molecule has 0 aliphatic carbocycles. The van der Waals surface area contributed by atoms with E-state index in [-0.39, 0.29) is 34.5 Å². The van der Waals surface area contributed by atoms with E-state index in [0.29, 0.717) is 12.1 Å². The Hall–Kier alpha value is -4.29. The average molecular weight is 490 g/mol. The Bertz CT molecular complexity index is 1460. The molecule has 0 bridgehead atoms. The van der Waals surface area contributed by atoms with Crippen LogP contribution in [0.2, 0.25) is 0 Å². The Morgan fingerprint density at radius 2 is 1.94 bits per heavy atom. The van der Waals surface area contributed by atoms with Crippen LogP contribution < -0.4 is 11.1 Å². The second-order valence-corrected chi connectivity index (χ2v) is 7.64. The topological polar surface area (TPSA) is 129 Å². The summed E-state index contributed by atoms with van der Waals surface area (Å²) in [5.41, 5.74) is 3.41. The van der Waals surface area contributed by atoms with Crippen molar-refractivity contribution in [3.8, 4) is 0 Å². The first-order valence-electron chi connectivity index (χ1n) is 10.3. The number of amides is 2. The zero-order valence-corrected chi connectivity index (χ0v) is 18.4. The molecule has 3 N–H and O–H groups in total. The van der Waals surface area contributed by atoms with E-state index in [4.69, 9.17) is 10.3 Å². The lowest BCUT2D eigenvalue weighted by Gasteiger charge is -2.10. The molecule has 0 unspecified atom stereocenters. The van der Waals surface area contributed by atoms with Gasteiger partial charge >= 0.3 is 6.18 Å². The minimum Gasteiger partial charge on any atom is -0.366 e. The highest BCUT2D eigenvalue weighted by atomic mass is 19.4. The molecule has 0 aliphatic heterocycles. The number of aryl methyl sites for hydroxylation is 1. The number of aromatic nitrogens is 4. The fourth-order valence-electron chi connectivity index (χ4n) is 3.49. The number of fused-ring (bicyclic) bond motifs is 1. The van der Waals surface area contributed by atoms with Crippen LogP contribution in [-0.4, -0.2) is 31.7 Å². The summed E-state index contributed by atoms with van der Waals surface area (Å²) in [6.07, 6.45) is -4.32. The maximum atomic E-state index is 13.7. The maximum Gasteiger partial charge on any atom is 0.437 e. The van der Waals surface area contributed by atoms with E-state index in [0.717, 1.165) is 22.9 Å². The summed E-state index contributed by atoms with van der Waals surface area (Å²) in [4.78, 5) is 28.8. The molecule has 0 atom stereocenters. The normalized spacial score (nSPS) is 11.7. The average Bonchev–Trinajstić information content (AvgIpc) is 3.37. The number of carbonyl (C=O) groups is 2. The molecular weight excluding hydrogens is 472 g/mol. The number of nitrogens with one attached hydrogen (secondary N) is 1. The molecule has 35 heavy (non-hydrogen) atoms. The van der Waals surface area contributed by atoms with Gasteiger partial charge in [0.05, 0.1) is 28.2 Å². The van der Waals surface area contributed by atoms with Crippen molar-refractivity contribution in [1.82, 2.24) is 19.9 Å². The Morgan fingerprint density at radius 3 is 2.57 bits per heavy atom. The van der Waals surface area contributed by atoms with E-state index < -0.39 is 40.9 Å². The van der Waals surface area contributed by atoms with Crippen molar-refractivity contribution in [1.29, 1.82) is 0 Å². The van der Waals surface area contributed by atoms with Crippen LogP contribution in [0.15, 0.2) is 34.9 Å². The van der Waals surface area contributed by atoms with E-state index >= 15 is 0 Å². The van der Waals surface area contributed by atoms with Gasteiger partial charge in [0.25, 0.3) is 5.91 Å². The number of alkyl halides is 3. The zero-order chi connectivity index (χ0) is 25.5. The number of primary amides is 1. The van der Waals surface area contributed by atoms with Gasteiger partial charge in [-0.05, 0) is 31.5 Å². The van der Waals surface area contributed by atoms with Gasteiger partial charge in [0.2, 0.25) is 5.91 Å². The number of anilines is 1. The van der Waals surface area contributed by atoms with Crippen molar-refractivity contribution in [3.05, 3.63) is 70.2 Å². The molecule has 4 rings (SSSR count). The van der Waals surface area contributed by atoms with Crippen LogP contribution in [-0.2, 0) is 19.1 Å². The van der Waals surface area contributed by atoms with Gasteiger partial charge in [-0.2, -0.15) is 18.3 Å². The highest BCUT2D eigenvalue weighted by molar-refractivity contribution is 6.10. The molecule has 0 fully saturated rings. The number of carbonyl (C=O) groups excluding carboxylic acids is 2. The number of nitrogens with zero attached hydrogens (tertiary/aromatic N) is 4. The number of hydrogen-bond acceptors (Lipinski definition) is 6. The molecule has 0 saturated heterocycles. The van der Waals surface area contributed by atoms with Crippen molar-refractivity contribution < 1.29 is 31.7 Å². The molecule has 4 aromatic rings. The fraction of sp³-hybridized carbons (Fsp3) is 0.227. The lowest BCUT2D eigenvalue weighted by molar-refractivity contribution is -0.140. The molecule has 0 saturated carbocycles. The monoisotopic (exact) mass is 490 g/mol. The van der Waals surface area contributed by atoms with Gasteiger partial charge in [0.1, 0.15) is 18.1 Å². The number of halogens is 4. The smallest absolute Gasteiger partial charge is 0.366 e. The molecule has 3 aromatic heterocycles. The van der Waals surface area contributed by atoms with Crippen molar-refractivity contribution in [3.63, 3.8) is 0 Å². The first-order valence-corrected chi connectivity index (χ1v) is 10.3. The summed E-state index contributed by atoms with van der Waals surface area (Å²) in [5.74, 6) is -2.40. The lowest BCUT2D eigenvalue weighted by Crippen LogP contribution is -2.19. The summed E-state index contributed by atoms with van der Waals surface area (Å²) in [6.45, 7) is 3.03. The molecule has 182 valence electrons. The molecular formula is C22H18F4N6O3. The van der Waals surface area contributed by atoms with Crippen LogP contribution >= 0.6 is 0 Å². The molecule has 2 amide bonds. The molecule has 13 heteroatoms. The minimum atomic E-state index is -4.90. The Balaban J connectivity index is 1.74. The minimum absolute atomic E-state index is 0.0120. The van der Waals surface area contributed by atoms with Crippen LogP contribution in [0.1, 0.15) is 50.6 Å². The van der Waals surface area contributed by atoms with Crippen LogP contribution in [0.3, 0.4) is 0 Å². The third-order valence-electron chi connectivity index (χ3n) is 5.26. The second kappa shape index (κ2) is 8.81. The summed E-state index contributed by atoms with van der Waals surface area (Å²) >= 11 is 0. The summed E-state index contributed by atoms with van der Waals surface area (Å²) in [6, 6.07) is 5.96. The largest absolute Gasteiger partial charge is 0.437 e. The van der Waals surface area contributed by atoms with E-state index in [1.807, 2.05) is 6.92 Å². The van der Waals surface area contributed by atoms with E-state index in [1.54, 1.807) is 6.07 Å². The zero-order valence-electron chi connectivity index (χ0n) is 18.4. The van der Waals surface area contributed by atoms with Gasteiger partial charge in [-0.25, -0.2) is 9.37 Å². The summed E-state index contributed by atoms with van der Waals surface area (Å²) < 4.78 is 61.0. The Morgan fingerprint density at radius 1 is 1.20 bits per heavy atom. The summed E-state index contributed by atoms with van der Waals surface area (Å²) in [7, 11) is 0. The predicted molar refractivity (Wildman–Crippen MR) is 115 cm³/mol. The van der Waals surface area contributed by atoms with Crippen LogP contribution in [0, 0.1) is 12.7 Å². The number of hydrogen-bond donors (Lipinski definition) is 2. The van der Waals surface area contributed by atoms with E-state index in [1.165, 1.54) is 13.0 Å². The third kappa shape index (κ3) is 4.69. The first kappa shape index (κ1) is 23.9. The van der Waals surface area contributed by atoms with Gasteiger partial charge in [-0.3, -0.25) is 14.3 Å². The predicted octanol–water partition coefficient (Wildman–Crippen LogP) is 3.85. The Kier molecular flexibility index (Phi) is 6.01. The molecule has 0 aliphatic rings. The van der Waals surface area contributed by atoms with Crippen LogP contribution in [0.5, 0.6) is 0 Å². The van der Waals surface area contributed by atoms with Gasteiger partial charge < -0.3 is 15.6 Å². The third-order valence-corrected chi connectivity index (χ3v) is 5.26. The van der Waals surface area contributed by atoms with Crippen molar-refractivity contribution in [2.24, 2.45) is 5.73 Å². The highest BCUT2D eigenvalue weighted by Crippen LogP contribution is 2.36. The van der Waals surface area contributed by atoms with Crippen LogP contribution in [0.4, 0.5) is 23.2 Å². The molecule has 3 heterocycles. The van der Waals surface area contributed by atoms with Crippen molar-refractivity contribution in [2.45, 2.75) is 33.0 Å². The van der Waals surface area contributed by atoms with E-state index in [9.17, 15) is 27.2 Å². The van der Waals surface area contributed by atoms with E-state index in [2.05, 4.69) is 20.6 Å². The fourth-order valence-corrected chi connectivity index (χ4v) is 3.49. The van der Waals surface area contributed by atoms with Crippen molar-refractivity contribution in [2.75, 3.05) is 5.32 Å². The highest BCUT2D eigenvalue weighted by Gasteiger charge is 2.39. The molecule has 1 aromatic carbocycles. The SMILES string of the molecule is CCc1cc(Cn2nc(C(F)(F)F)c(NC(=O)c3cc(C(N)=O)c4ccc(F)cc4n3)c2C)on1. The molecule has 9 nitrogen and oxygen atoms in total. The lowest BCUT2D eigenvalue weighted by atomic mass is 10.1. The summed E-state index contributed by atoms with van der Waals surface area (Å²) in [5, 5.41) is 9.77. The van der Waals surface area contributed by atoms with Gasteiger partial charge in [0, 0.05) is 17.5 Å². The maximum absolute atomic E-state index is 13.7. The number of rotatable bonds is 6. The number of benzene rings is 1. The standard InChI is InChI=1S/C22H18F4N6O3/c1-3-12-7-13(35-31-12)9-32-10(2)18(19(30-32)22(24,25)26)29-21(34)17-8-15(20(27)33)14-5-4-11(23)6-16(14)28-17/h4-8H,3,9H2,1-2H3,(H2,27,33)(H,29,34). The van der Waals surface area contributed by atoms with Gasteiger partial charge in [-0.1, -0.05) is 12.1 Å². The second-order valence-electron chi connectivity index (χ2n) is 7.64. The van der Waals surface area contributed by atoms with Gasteiger partial charge in [0.15, 0.2) is 11.5 Å². The first-order chi connectivity index (χ1) is 16.5. The molecule has 0 radical (unpaired) electrons. The molecule has 0 spiro atoms.